The number of rotatable bonds is 2. The fraction of sp³-hybridized carbons (Fsp3) is 0.933. The van der Waals surface area contributed by atoms with E-state index in [1.165, 1.54) is 38.8 Å². The van der Waals surface area contributed by atoms with Crippen LogP contribution in [-0.2, 0) is 4.74 Å². The van der Waals surface area contributed by atoms with Crippen molar-refractivity contribution >= 4 is 5.96 Å². The topological polar surface area (TPSA) is 36.9 Å². The van der Waals surface area contributed by atoms with E-state index in [0.717, 1.165) is 37.6 Å². The lowest BCUT2D eigenvalue weighted by Gasteiger charge is -2.39. The Bertz CT molecular complexity index is 337. The average molecular weight is 265 g/mol. The van der Waals surface area contributed by atoms with Crippen molar-refractivity contribution in [2.24, 2.45) is 22.2 Å². The molecule has 1 saturated carbocycles. The Kier molecular flexibility index (Phi) is 3.70. The lowest BCUT2D eigenvalue weighted by atomic mass is 9.82. The Morgan fingerprint density at radius 1 is 1.26 bits per heavy atom. The minimum atomic E-state index is 0.308. The Morgan fingerprint density at radius 3 is 2.37 bits per heavy atom. The molecule has 0 aromatic rings. The third-order valence-corrected chi connectivity index (χ3v) is 5.06. The summed E-state index contributed by atoms with van der Waals surface area (Å²) in [5, 5.41) is 3.56. The van der Waals surface area contributed by atoms with Gasteiger partial charge in [0.1, 0.15) is 0 Å². The molecule has 108 valence electrons. The Labute approximate surface area is 116 Å². The molecule has 4 nitrogen and oxygen atoms in total. The minimum Gasteiger partial charge on any atom is -0.380 e. The van der Waals surface area contributed by atoms with E-state index in [4.69, 9.17) is 4.74 Å². The van der Waals surface area contributed by atoms with Crippen LogP contribution in [0.5, 0.6) is 0 Å². The standard InChI is InChI=1S/C15H27N3O/c1-15(10-19-11-15)9-17-14(16-2)18-7-12-5-3-4-6-13(12)8-18/h12-13H,3-11H2,1-2H3,(H,16,17). The SMILES string of the molecule is CN=C(NCC1(C)COC1)N1CC2CCCCC2C1. The molecule has 3 fully saturated rings. The second-order valence-electron chi connectivity index (χ2n) is 6.91. The van der Waals surface area contributed by atoms with E-state index < -0.39 is 0 Å². The average Bonchev–Trinajstić information content (AvgIpc) is 2.81. The van der Waals surface area contributed by atoms with Crippen LogP contribution in [0.15, 0.2) is 4.99 Å². The molecule has 0 bridgehead atoms. The zero-order chi connectivity index (χ0) is 13.3. The first-order valence-corrected chi connectivity index (χ1v) is 7.73. The van der Waals surface area contributed by atoms with E-state index >= 15 is 0 Å². The highest BCUT2D eigenvalue weighted by atomic mass is 16.5. The van der Waals surface area contributed by atoms with Crippen molar-refractivity contribution in [3.05, 3.63) is 0 Å². The fourth-order valence-electron chi connectivity index (χ4n) is 3.76. The van der Waals surface area contributed by atoms with Crippen molar-refractivity contribution in [3.8, 4) is 0 Å². The molecule has 2 atom stereocenters. The molecule has 0 spiro atoms. The maximum Gasteiger partial charge on any atom is 0.193 e. The molecular formula is C15H27N3O. The van der Waals surface area contributed by atoms with Gasteiger partial charge in [0.25, 0.3) is 0 Å². The van der Waals surface area contributed by atoms with Crippen molar-refractivity contribution in [3.63, 3.8) is 0 Å². The largest absolute Gasteiger partial charge is 0.380 e. The summed E-state index contributed by atoms with van der Waals surface area (Å²) >= 11 is 0. The van der Waals surface area contributed by atoms with Crippen LogP contribution < -0.4 is 5.32 Å². The summed E-state index contributed by atoms with van der Waals surface area (Å²) in [6.45, 7) is 7.42. The molecule has 1 aliphatic carbocycles. The van der Waals surface area contributed by atoms with Crippen LogP contribution in [0, 0.1) is 17.3 Å². The van der Waals surface area contributed by atoms with Crippen LogP contribution in [-0.4, -0.2) is 50.8 Å². The van der Waals surface area contributed by atoms with Gasteiger partial charge in [0, 0.05) is 32.1 Å². The van der Waals surface area contributed by atoms with Crippen LogP contribution >= 0.6 is 0 Å². The molecule has 0 aromatic heterocycles. The molecule has 4 heteroatoms. The number of aliphatic imine (C=N–C) groups is 1. The fourth-order valence-corrected chi connectivity index (χ4v) is 3.76. The van der Waals surface area contributed by atoms with Crippen LogP contribution in [0.25, 0.3) is 0 Å². The molecule has 0 aromatic carbocycles. The maximum atomic E-state index is 5.31. The van der Waals surface area contributed by atoms with Gasteiger partial charge in [-0.3, -0.25) is 4.99 Å². The highest BCUT2D eigenvalue weighted by Crippen LogP contribution is 2.36. The lowest BCUT2D eigenvalue weighted by Crippen LogP contribution is -2.51. The van der Waals surface area contributed by atoms with Crippen LogP contribution in [0.3, 0.4) is 0 Å². The number of nitrogens with zero attached hydrogens (tertiary/aromatic N) is 2. The smallest absolute Gasteiger partial charge is 0.193 e. The van der Waals surface area contributed by atoms with Crippen molar-refractivity contribution in [1.29, 1.82) is 0 Å². The van der Waals surface area contributed by atoms with Gasteiger partial charge in [-0.2, -0.15) is 0 Å². The molecule has 0 radical (unpaired) electrons. The minimum absolute atomic E-state index is 0.308. The Hall–Kier alpha value is -0.770. The summed E-state index contributed by atoms with van der Waals surface area (Å²) in [7, 11) is 1.91. The van der Waals surface area contributed by atoms with Gasteiger partial charge >= 0.3 is 0 Å². The van der Waals surface area contributed by atoms with Crippen LogP contribution in [0.4, 0.5) is 0 Å². The quantitative estimate of drug-likeness (QED) is 0.610. The summed E-state index contributed by atoms with van der Waals surface area (Å²) in [4.78, 5) is 6.96. The molecule has 2 aliphatic heterocycles. The first-order valence-electron chi connectivity index (χ1n) is 7.73. The summed E-state index contributed by atoms with van der Waals surface area (Å²) in [6, 6.07) is 0. The van der Waals surface area contributed by atoms with E-state index in [9.17, 15) is 0 Å². The van der Waals surface area contributed by atoms with Crippen LogP contribution in [0.2, 0.25) is 0 Å². The third kappa shape index (κ3) is 2.73. The van der Waals surface area contributed by atoms with Crippen molar-refractivity contribution in [1.82, 2.24) is 10.2 Å². The van der Waals surface area contributed by atoms with Gasteiger partial charge in [0.15, 0.2) is 5.96 Å². The second kappa shape index (κ2) is 5.31. The van der Waals surface area contributed by atoms with Gasteiger partial charge in [-0.15, -0.1) is 0 Å². The van der Waals surface area contributed by atoms with Gasteiger partial charge in [0.2, 0.25) is 0 Å². The molecular weight excluding hydrogens is 238 g/mol. The molecule has 0 amide bonds. The van der Waals surface area contributed by atoms with E-state index in [1.807, 2.05) is 7.05 Å². The Morgan fingerprint density at radius 2 is 1.89 bits per heavy atom. The normalized spacial score (nSPS) is 33.8. The van der Waals surface area contributed by atoms with Gasteiger partial charge in [-0.05, 0) is 24.7 Å². The number of ether oxygens (including phenoxy) is 1. The summed E-state index contributed by atoms with van der Waals surface area (Å²) in [5.41, 5.74) is 0.308. The number of likely N-dealkylation sites (tertiary alicyclic amines) is 1. The zero-order valence-corrected chi connectivity index (χ0v) is 12.3. The monoisotopic (exact) mass is 265 g/mol. The van der Waals surface area contributed by atoms with Gasteiger partial charge in [-0.1, -0.05) is 19.8 Å². The van der Waals surface area contributed by atoms with Gasteiger partial charge in [-0.25, -0.2) is 0 Å². The summed E-state index contributed by atoms with van der Waals surface area (Å²) in [5.74, 6) is 2.92. The number of fused-ring (bicyclic) bond motifs is 1. The number of hydrogen-bond donors (Lipinski definition) is 1. The molecule has 2 unspecified atom stereocenters. The molecule has 19 heavy (non-hydrogen) atoms. The number of hydrogen-bond acceptors (Lipinski definition) is 2. The highest BCUT2D eigenvalue weighted by molar-refractivity contribution is 5.80. The number of nitrogens with one attached hydrogen (secondary N) is 1. The molecule has 3 rings (SSSR count). The van der Waals surface area contributed by atoms with E-state index in [2.05, 4.69) is 22.1 Å². The molecule has 3 aliphatic rings. The Balaban J connectivity index is 1.54. The highest BCUT2D eigenvalue weighted by Gasteiger charge is 2.37. The first kappa shape index (κ1) is 13.2. The molecule has 1 N–H and O–H groups in total. The first-order chi connectivity index (χ1) is 9.20. The molecule has 2 saturated heterocycles. The van der Waals surface area contributed by atoms with Gasteiger partial charge in [0.05, 0.1) is 13.2 Å². The van der Waals surface area contributed by atoms with E-state index in [0.29, 0.717) is 5.41 Å². The molecule has 2 heterocycles. The van der Waals surface area contributed by atoms with Crippen molar-refractivity contribution in [2.75, 3.05) is 39.9 Å². The predicted octanol–water partition coefficient (Wildman–Crippen LogP) is 1.72. The van der Waals surface area contributed by atoms with Crippen LogP contribution in [0.1, 0.15) is 32.6 Å². The lowest BCUT2D eigenvalue weighted by molar-refractivity contribution is -0.0972. The summed E-state index contributed by atoms with van der Waals surface area (Å²) < 4.78 is 5.31. The summed E-state index contributed by atoms with van der Waals surface area (Å²) in [6.07, 6.45) is 5.69. The zero-order valence-electron chi connectivity index (χ0n) is 12.3. The van der Waals surface area contributed by atoms with Crippen molar-refractivity contribution in [2.45, 2.75) is 32.6 Å². The maximum absolute atomic E-state index is 5.31. The van der Waals surface area contributed by atoms with E-state index in [-0.39, 0.29) is 0 Å². The predicted molar refractivity (Wildman–Crippen MR) is 77.3 cm³/mol. The van der Waals surface area contributed by atoms with Crippen molar-refractivity contribution < 1.29 is 4.74 Å². The number of guanidine groups is 1. The second-order valence-corrected chi connectivity index (χ2v) is 6.91. The van der Waals surface area contributed by atoms with Gasteiger partial charge < -0.3 is 15.0 Å². The van der Waals surface area contributed by atoms with E-state index in [1.54, 1.807) is 0 Å². The third-order valence-electron chi connectivity index (χ3n) is 5.06.